The van der Waals surface area contributed by atoms with Crippen LogP contribution in [0.1, 0.15) is 12.8 Å². The Kier molecular flexibility index (Phi) is 5.70. The van der Waals surface area contributed by atoms with Crippen molar-refractivity contribution in [1.29, 1.82) is 0 Å². The Hall–Kier alpha value is -0.320. The summed E-state index contributed by atoms with van der Waals surface area (Å²) in [7, 11) is 0. The van der Waals surface area contributed by atoms with Crippen molar-refractivity contribution < 1.29 is 39.7 Å². The zero-order valence-corrected chi connectivity index (χ0v) is 11.0. The van der Waals surface area contributed by atoms with E-state index in [-0.39, 0.29) is 18.8 Å². The molecule has 5 N–H and O–H groups in total. The van der Waals surface area contributed by atoms with Gasteiger partial charge in [-0.3, -0.25) is 0 Å². The Morgan fingerprint density at radius 2 is 1.75 bits per heavy atom. The van der Waals surface area contributed by atoms with E-state index in [0.29, 0.717) is 19.4 Å². The lowest BCUT2D eigenvalue weighted by molar-refractivity contribution is -0.316. The van der Waals surface area contributed by atoms with Crippen molar-refractivity contribution in [1.82, 2.24) is 0 Å². The standard InChI is InChI=1S/C12H22O8/c13-4-7-3-6(1-2-18-7)19-12-11(17)10(16)9(15)8(5-14)20-12/h6-17H,1-5H2/t6-,7+,8-,9-,10+,11-,12+/m1/s1. The molecule has 2 fully saturated rings. The average molecular weight is 294 g/mol. The minimum atomic E-state index is -1.45. The van der Waals surface area contributed by atoms with E-state index in [4.69, 9.17) is 24.4 Å². The summed E-state index contributed by atoms with van der Waals surface area (Å²) in [6.45, 7) is -0.181. The predicted octanol–water partition coefficient (Wildman–Crippen LogP) is -2.66. The van der Waals surface area contributed by atoms with E-state index in [1.165, 1.54) is 0 Å². The molecule has 0 aromatic rings. The molecular weight excluding hydrogens is 272 g/mol. The van der Waals surface area contributed by atoms with Crippen molar-refractivity contribution >= 4 is 0 Å². The van der Waals surface area contributed by atoms with Gasteiger partial charge in [0.2, 0.25) is 0 Å². The minimum absolute atomic E-state index is 0.117. The van der Waals surface area contributed by atoms with Crippen LogP contribution >= 0.6 is 0 Å². The van der Waals surface area contributed by atoms with Crippen molar-refractivity contribution in [2.75, 3.05) is 19.8 Å². The SMILES string of the molecule is OC[C@@H]1C[C@H](O[C@H]2O[C@H](CO)[C@@H](O)[C@H](O)[C@H]2O)CCO1. The van der Waals surface area contributed by atoms with Crippen molar-refractivity contribution in [3.63, 3.8) is 0 Å². The Morgan fingerprint density at radius 3 is 2.40 bits per heavy atom. The second-order valence-electron chi connectivity index (χ2n) is 5.16. The number of aliphatic hydroxyl groups is 5. The molecule has 0 aromatic carbocycles. The van der Waals surface area contributed by atoms with Crippen LogP contribution in [0.2, 0.25) is 0 Å². The molecule has 8 heteroatoms. The highest BCUT2D eigenvalue weighted by atomic mass is 16.7. The summed E-state index contributed by atoms with van der Waals surface area (Å²) in [5.74, 6) is 0. The molecule has 2 rings (SSSR count). The molecule has 118 valence electrons. The summed E-state index contributed by atoms with van der Waals surface area (Å²) in [4.78, 5) is 0. The van der Waals surface area contributed by atoms with Gasteiger partial charge in [-0.2, -0.15) is 0 Å². The van der Waals surface area contributed by atoms with Crippen molar-refractivity contribution in [3.05, 3.63) is 0 Å². The van der Waals surface area contributed by atoms with Gasteiger partial charge >= 0.3 is 0 Å². The maximum absolute atomic E-state index is 9.85. The van der Waals surface area contributed by atoms with Crippen LogP contribution in [-0.2, 0) is 14.2 Å². The van der Waals surface area contributed by atoms with Gasteiger partial charge in [0.25, 0.3) is 0 Å². The number of hydrogen-bond donors (Lipinski definition) is 5. The fourth-order valence-electron chi connectivity index (χ4n) is 2.47. The largest absolute Gasteiger partial charge is 0.394 e. The molecule has 20 heavy (non-hydrogen) atoms. The number of hydrogen-bond acceptors (Lipinski definition) is 8. The lowest BCUT2D eigenvalue weighted by Gasteiger charge is -2.41. The number of aliphatic hydroxyl groups excluding tert-OH is 5. The molecule has 0 saturated carbocycles. The molecule has 2 heterocycles. The van der Waals surface area contributed by atoms with Gasteiger partial charge in [-0.05, 0) is 6.42 Å². The zero-order valence-electron chi connectivity index (χ0n) is 11.0. The Balaban J connectivity index is 1.93. The van der Waals surface area contributed by atoms with Gasteiger partial charge in [-0.1, -0.05) is 0 Å². The van der Waals surface area contributed by atoms with Gasteiger partial charge in [-0.25, -0.2) is 0 Å². The van der Waals surface area contributed by atoms with Gasteiger partial charge in [0, 0.05) is 13.0 Å². The molecular formula is C12H22O8. The smallest absolute Gasteiger partial charge is 0.186 e. The first-order chi connectivity index (χ1) is 9.56. The predicted molar refractivity (Wildman–Crippen MR) is 64.7 cm³/mol. The monoisotopic (exact) mass is 294 g/mol. The highest BCUT2D eigenvalue weighted by Gasteiger charge is 2.45. The number of ether oxygens (including phenoxy) is 3. The lowest BCUT2D eigenvalue weighted by atomic mass is 9.99. The highest BCUT2D eigenvalue weighted by Crippen LogP contribution is 2.26. The summed E-state index contributed by atoms with van der Waals surface area (Å²) >= 11 is 0. The van der Waals surface area contributed by atoms with Crippen LogP contribution in [0, 0.1) is 0 Å². The molecule has 7 atom stereocenters. The molecule has 2 aliphatic rings. The van der Waals surface area contributed by atoms with Crippen LogP contribution in [0.5, 0.6) is 0 Å². The van der Waals surface area contributed by atoms with Gasteiger partial charge in [0.05, 0.1) is 25.4 Å². The Bertz CT molecular complexity index is 299. The third-order valence-electron chi connectivity index (χ3n) is 3.70. The zero-order chi connectivity index (χ0) is 14.7. The topological polar surface area (TPSA) is 129 Å². The van der Waals surface area contributed by atoms with Crippen LogP contribution < -0.4 is 0 Å². The van der Waals surface area contributed by atoms with Gasteiger partial charge in [-0.15, -0.1) is 0 Å². The van der Waals surface area contributed by atoms with Crippen LogP contribution in [0.25, 0.3) is 0 Å². The van der Waals surface area contributed by atoms with E-state index in [0.717, 1.165) is 0 Å². The first-order valence-corrected chi connectivity index (χ1v) is 6.75. The molecule has 8 nitrogen and oxygen atoms in total. The van der Waals surface area contributed by atoms with Crippen molar-refractivity contribution in [2.24, 2.45) is 0 Å². The van der Waals surface area contributed by atoms with E-state index in [1.807, 2.05) is 0 Å². The van der Waals surface area contributed by atoms with Gasteiger partial charge < -0.3 is 39.7 Å². The van der Waals surface area contributed by atoms with Gasteiger partial charge in [0.15, 0.2) is 6.29 Å². The molecule has 0 bridgehead atoms. The van der Waals surface area contributed by atoms with E-state index < -0.39 is 37.3 Å². The third kappa shape index (κ3) is 3.46. The molecule has 0 amide bonds. The molecule has 0 spiro atoms. The first-order valence-electron chi connectivity index (χ1n) is 6.75. The fourth-order valence-corrected chi connectivity index (χ4v) is 2.47. The van der Waals surface area contributed by atoms with Crippen molar-refractivity contribution in [3.8, 4) is 0 Å². The first kappa shape index (κ1) is 16.1. The van der Waals surface area contributed by atoms with Crippen LogP contribution in [0.3, 0.4) is 0 Å². The third-order valence-corrected chi connectivity index (χ3v) is 3.70. The summed E-state index contributed by atoms with van der Waals surface area (Å²) in [6.07, 6.45) is -5.94. The second-order valence-corrected chi connectivity index (χ2v) is 5.16. The van der Waals surface area contributed by atoms with Gasteiger partial charge in [0.1, 0.15) is 24.4 Å². The molecule has 2 saturated heterocycles. The molecule has 0 radical (unpaired) electrons. The number of rotatable bonds is 4. The van der Waals surface area contributed by atoms with E-state index in [9.17, 15) is 15.3 Å². The Morgan fingerprint density at radius 1 is 1.00 bits per heavy atom. The highest BCUT2D eigenvalue weighted by molar-refractivity contribution is 4.89. The normalized spacial score (nSPS) is 46.4. The van der Waals surface area contributed by atoms with Crippen LogP contribution in [0.4, 0.5) is 0 Å². The maximum Gasteiger partial charge on any atom is 0.186 e. The summed E-state index contributed by atoms with van der Waals surface area (Å²) < 4.78 is 16.1. The van der Waals surface area contributed by atoms with Crippen LogP contribution in [0.15, 0.2) is 0 Å². The van der Waals surface area contributed by atoms with Crippen molar-refractivity contribution in [2.45, 2.75) is 55.8 Å². The van der Waals surface area contributed by atoms with E-state index >= 15 is 0 Å². The second kappa shape index (κ2) is 7.10. The quantitative estimate of drug-likeness (QED) is 0.380. The summed E-state index contributed by atoms with van der Waals surface area (Å²) in [5, 5.41) is 47.3. The fraction of sp³-hybridized carbons (Fsp3) is 1.00. The minimum Gasteiger partial charge on any atom is -0.394 e. The molecule has 0 unspecified atom stereocenters. The van der Waals surface area contributed by atoms with Crippen LogP contribution in [-0.4, -0.2) is 88.3 Å². The summed E-state index contributed by atoms with van der Waals surface area (Å²) in [5.41, 5.74) is 0. The maximum atomic E-state index is 9.85. The lowest BCUT2D eigenvalue weighted by Crippen LogP contribution is -2.60. The Labute approximate surface area is 116 Å². The average Bonchev–Trinajstić information content (AvgIpc) is 2.48. The van der Waals surface area contributed by atoms with E-state index in [1.54, 1.807) is 0 Å². The molecule has 0 aromatic heterocycles. The molecule has 0 aliphatic carbocycles. The summed E-state index contributed by atoms with van der Waals surface area (Å²) in [6, 6.07) is 0. The molecule has 2 aliphatic heterocycles. The van der Waals surface area contributed by atoms with E-state index in [2.05, 4.69) is 0 Å².